The summed E-state index contributed by atoms with van der Waals surface area (Å²) < 4.78 is 2.22. The van der Waals surface area contributed by atoms with Gasteiger partial charge in [0.2, 0.25) is 0 Å². The summed E-state index contributed by atoms with van der Waals surface area (Å²) in [6.45, 7) is 11.4. The van der Waals surface area contributed by atoms with Crippen LogP contribution in [0, 0.1) is 6.92 Å². The van der Waals surface area contributed by atoms with Crippen molar-refractivity contribution >= 4 is 17.5 Å². The Morgan fingerprint density at radius 1 is 1.10 bits per heavy atom. The Balaban J connectivity index is 2.19. The molecule has 0 aliphatic carbocycles. The lowest BCUT2D eigenvalue weighted by Gasteiger charge is -2.19. The van der Waals surface area contributed by atoms with Gasteiger partial charge < -0.3 is 10.3 Å². The summed E-state index contributed by atoms with van der Waals surface area (Å²) in [6, 6.07) is 16.4. The largest absolute Gasteiger partial charge is 0.366 e. The number of carbonyl (C=O) groups excluding carboxylic acids is 1. The molecule has 4 heteroatoms. The Kier molecular flexibility index (Phi) is 6.42. The van der Waals surface area contributed by atoms with E-state index in [0.717, 1.165) is 40.9 Å². The van der Waals surface area contributed by atoms with E-state index in [0.29, 0.717) is 17.1 Å². The number of nitrogens with two attached hydrogens (primary N) is 1. The van der Waals surface area contributed by atoms with Gasteiger partial charge in [-0.1, -0.05) is 82.1 Å². The molecule has 30 heavy (non-hydrogen) atoms. The van der Waals surface area contributed by atoms with Gasteiger partial charge in [0.15, 0.2) is 0 Å². The SMILES string of the molecule is CCCc1c(-c2ccc(C(C)(C)C)cc2)c(C(N)=O)c(C)n1Cc1cccc(Cl)c1. The van der Waals surface area contributed by atoms with E-state index < -0.39 is 0 Å². The van der Waals surface area contributed by atoms with Crippen molar-refractivity contribution in [3.8, 4) is 11.1 Å². The highest BCUT2D eigenvalue weighted by atomic mass is 35.5. The summed E-state index contributed by atoms with van der Waals surface area (Å²) in [5.74, 6) is -0.385. The lowest BCUT2D eigenvalue weighted by atomic mass is 9.86. The molecule has 1 heterocycles. The van der Waals surface area contributed by atoms with Crippen LogP contribution in [0.25, 0.3) is 11.1 Å². The summed E-state index contributed by atoms with van der Waals surface area (Å²) in [5.41, 5.74) is 13.0. The van der Waals surface area contributed by atoms with Crippen molar-refractivity contribution in [1.82, 2.24) is 4.57 Å². The van der Waals surface area contributed by atoms with Crippen molar-refractivity contribution < 1.29 is 4.79 Å². The van der Waals surface area contributed by atoms with Crippen molar-refractivity contribution in [1.29, 1.82) is 0 Å². The van der Waals surface area contributed by atoms with Gasteiger partial charge in [0, 0.05) is 28.5 Å². The van der Waals surface area contributed by atoms with E-state index in [2.05, 4.69) is 62.6 Å². The first-order valence-electron chi connectivity index (χ1n) is 10.5. The molecule has 0 saturated heterocycles. The monoisotopic (exact) mass is 422 g/mol. The minimum absolute atomic E-state index is 0.0751. The van der Waals surface area contributed by atoms with Gasteiger partial charge in [-0.3, -0.25) is 4.79 Å². The molecule has 3 aromatic rings. The van der Waals surface area contributed by atoms with Crippen molar-refractivity contribution in [2.45, 2.75) is 59.4 Å². The second-order valence-electron chi connectivity index (χ2n) is 8.94. The van der Waals surface area contributed by atoms with Crippen LogP contribution in [-0.2, 0) is 18.4 Å². The third kappa shape index (κ3) is 4.46. The van der Waals surface area contributed by atoms with Crippen LogP contribution in [-0.4, -0.2) is 10.5 Å². The van der Waals surface area contributed by atoms with Gasteiger partial charge in [0.1, 0.15) is 0 Å². The zero-order valence-corrected chi connectivity index (χ0v) is 19.3. The molecule has 1 aromatic heterocycles. The number of halogens is 1. The zero-order valence-electron chi connectivity index (χ0n) is 18.6. The molecule has 0 atom stereocenters. The number of amides is 1. The second-order valence-corrected chi connectivity index (χ2v) is 9.38. The number of benzene rings is 2. The van der Waals surface area contributed by atoms with Crippen LogP contribution in [0.1, 0.15) is 67.0 Å². The van der Waals surface area contributed by atoms with Crippen LogP contribution >= 0.6 is 11.6 Å². The minimum atomic E-state index is -0.385. The maximum atomic E-state index is 12.5. The highest BCUT2D eigenvalue weighted by molar-refractivity contribution is 6.30. The molecule has 0 radical (unpaired) electrons. The fraction of sp³-hybridized carbons (Fsp3) is 0.346. The average molecular weight is 423 g/mol. The number of hydrogen-bond acceptors (Lipinski definition) is 1. The average Bonchev–Trinajstić information content (AvgIpc) is 2.94. The van der Waals surface area contributed by atoms with Crippen molar-refractivity contribution in [2.75, 3.05) is 0 Å². The summed E-state index contributed by atoms with van der Waals surface area (Å²) >= 11 is 6.20. The van der Waals surface area contributed by atoms with E-state index in [4.69, 9.17) is 17.3 Å². The maximum absolute atomic E-state index is 12.5. The van der Waals surface area contributed by atoms with E-state index in [9.17, 15) is 4.79 Å². The Morgan fingerprint density at radius 2 is 1.77 bits per heavy atom. The third-order valence-electron chi connectivity index (χ3n) is 5.63. The highest BCUT2D eigenvalue weighted by Gasteiger charge is 2.25. The molecule has 0 spiro atoms. The Labute approximate surface area is 184 Å². The molecular weight excluding hydrogens is 392 g/mol. The molecule has 1 amide bonds. The van der Waals surface area contributed by atoms with Gasteiger partial charge >= 0.3 is 0 Å². The number of hydrogen-bond donors (Lipinski definition) is 1. The molecule has 2 N–H and O–H groups in total. The molecule has 158 valence electrons. The van der Waals surface area contributed by atoms with Crippen molar-refractivity contribution in [3.05, 3.63) is 81.6 Å². The Morgan fingerprint density at radius 3 is 2.30 bits per heavy atom. The van der Waals surface area contributed by atoms with Gasteiger partial charge in [-0.25, -0.2) is 0 Å². The lowest BCUT2D eigenvalue weighted by molar-refractivity contribution is 0.1000. The van der Waals surface area contributed by atoms with Crippen LogP contribution in [0.4, 0.5) is 0 Å². The fourth-order valence-corrected chi connectivity index (χ4v) is 4.29. The minimum Gasteiger partial charge on any atom is -0.366 e. The summed E-state index contributed by atoms with van der Waals surface area (Å²) in [4.78, 5) is 12.5. The van der Waals surface area contributed by atoms with Crippen molar-refractivity contribution in [3.63, 3.8) is 0 Å². The normalized spacial score (nSPS) is 11.7. The summed E-state index contributed by atoms with van der Waals surface area (Å²) in [5, 5.41) is 0.711. The van der Waals surface area contributed by atoms with Crippen LogP contribution in [0.2, 0.25) is 5.02 Å². The van der Waals surface area contributed by atoms with E-state index in [1.165, 1.54) is 5.56 Å². The standard InChI is InChI=1S/C26H31ClN2O/c1-6-8-22-24(19-11-13-20(14-12-19)26(3,4)5)23(25(28)30)17(2)29(22)16-18-9-7-10-21(27)15-18/h7,9-15H,6,8,16H2,1-5H3,(H2,28,30). The molecular formula is C26H31ClN2O. The van der Waals surface area contributed by atoms with E-state index in [1.807, 2.05) is 25.1 Å². The van der Waals surface area contributed by atoms with E-state index >= 15 is 0 Å². The molecule has 3 rings (SSSR count). The lowest BCUT2D eigenvalue weighted by Crippen LogP contribution is -2.14. The molecule has 0 bridgehead atoms. The fourth-order valence-electron chi connectivity index (χ4n) is 4.08. The first-order valence-corrected chi connectivity index (χ1v) is 10.9. The van der Waals surface area contributed by atoms with Gasteiger partial charge in [-0.15, -0.1) is 0 Å². The van der Waals surface area contributed by atoms with Crippen LogP contribution in [0.15, 0.2) is 48.5 Å². The maximum Gasteiger partial charge on any atom is 0.251 e. The van der Waals surface area contributed by atoms with Gasteiger partial charge in [0.05, 0.1) is 5.56 Å². The van der Waals surface area contributed by atoms with E-state index in [-0.39, 0.29) is 11.3 Å². The highest BCUT2D eigenvalue weighted by Crippen LogP contribution is 2.35. The molecule has 3 nitrogen and oxygen atoms in total. The number of rotatable bonds is 6. The summed E-state index contributed by atoms with van der Waals surface area (Å²) in [7, 11) is 0. The molecule has 0 saturated carbocycles. The molecule has 0 aliphatic rings. The topological polar surface area (TPSA) is 48.0 Å². The summed E-state index contributed by atoms with van der Waals surface area (Å²) in [6.07, 6.45) is 1.84. The van der Waals surface area contributed by atoms with Gasteiger partial charge in [-0.2, -0.15) is 0 Å². The molecule has 0 aliphatic heterocycles. The quantitative estimate of drug-likeness (QED) is 0.483. The van der Waals surface area contributed by atoms with Gasteiger partial charge in [0.25, 0.3) is 5.91 Å². The number of nitrogens with zero attached hydrogens (tertiary/aromatic N) is 1. The Bertz CT molecular complexity index is 1060. The zero-order chi connectivity index (χ0) is 22.1. The van der Waals surface area contributed by atoms with Gasteiger partial charge in [-0.05, 0) is 47.6 Å². The second kappa shape index (κ2) is 8.69. The van der Waals surface area contributed by atoms with Crippen LogP contribution < -0.4 is 5.73 Å². The number of carbonyl (C=O) groups is 1. The number of primary amides is 1. The predicted molar refractivity (Wildman–Crippen MR) is 126 cm³/mol. The molecule has 2 aromatic carbocycles. The first kappa shape index (κ1) is 22.2. The third-order valence-corrected chi connectivity index (χ3v) is 5.87. The van der Waals surface area contributed by atoms with Crippen LogP contribution in [0.5, 0.6) is 0 Å². The molecule has 0 fully saturated rings. The smallest absolute Gasteiger partial charge is 0.251 e. The van der Waals surface area contributed by atoms with Crippen molar-refractivity contribution in [2.24, 2.45) is 5.73 Å². The molecule has 0 unspecified atom stereocenters. The number of aromatic nitrogens is 1. The first-order chi connectivity index (χ1) is 14.1. The predicted octanol–water partition coefficient (Wildman–Crippen LogP) is 6.51. The van der Waals surface area contributed by atoms with Crippen LogP contribution in [0.3, 0.4) is 0 Å². The Hall–Kier alpha value is -2.52. The van der Waals surface area contributed by atoms with E-state index in [1.54, 1.807) is 0 Å².